The molecular weight excluding hydrogens is 428 g/mol. The van der Waals surface area contributed by atoms with Crippen LogP contribution in [-0.2, 0) is 6.42 Å². The molecule has 6 aromatic rings. The van der Waals surface area contributed by atoms with Crippen molar-refractivity contribution in [3.05, 3.63) is 133 Å². The minimum atomic E-state index is 0.948. The summed E-state index contributed by atoms with van der Waals surface area (Å²) in [6.07, 6.45) is 8.76. The van der Waals surface area contributed by atoms with Crippen LogP contribution in [0.4, 0.5) is 0 Å². The fourth-order valence-corrected chi connectivity index (χ4v) is 5.07. The minimum absolute atomic E-state index is 0.948. The van der Waals surface area contributed by atoms with Gasteiger partial charge in [-0.1, -0.05) is 72.8 Å². The number of rotatable bonds is 4. The second-order valence-electron chi connectivity index (χ2n) is 8.83. The third-order valence-electron chi connectivity index (χ3n) is 6.76. The highest BCUT2D eigenvalue weighted by Gasteiger charge is 2.21. The molecule has 1 aliphatic carbocycles. The number of fused-ring (bicyclic) bond motifs is 3. The molecule has 35 heavy (non-hydrogen) atoms. The smallest absolute Gasteiger partial charge is 0.144 e. The van der Waals surface area contributed by atoms with Crippen molar-refractivity contribution in [3.8, 4) is 45.3 Å². The molecule has 1 aliphatic rings. The largest absolute Gasteiger partial charge is 0.300 e. The summed E-state index contributed by atoms with van der Waals surface area (Å²) in [4.78, 5) is 9.28. The monoisotopic (exact) mass is 450 g/mol. The summed E-state index contributed by atoms with van der Waals surface area (Å²) in [6, 6.07) is 34.2. The van der Waals surface area contributed by atoms with E-state index in [1.807, 2.05) is 36.9 Å². The van der Waals surface area contributed by atoms with E-state index in [1.165, 1.54) is 22.3 Å². The molecule has 4 nitrogen and oxygen atoms in total. The van der Waals surface area contributed by atoms with E-state index in [9.17, 15) is 0 Å². The lowest BCUT2D eigenvalue weighted by molar-refractivity contribution is 1.06. The van der Waals surface area contributed by atoms with Crippen molar-refractivity contribution in [1.82, 2.24) is 19.1 Å². The number of hydrogen-bond donors (Lipinski definition) is 0. The molecule has 0 amide bonds. The first-order valence-electron chi connectivity index (χ1n) is 11.8. The van der Waals surface area contributed by atoms with Crippen LogP contribution in [-0.4, -0.2) is 19.1 Å². The van der Waals surface area contributed by atoms with E-state index in [1.54, 1.807) is 0 Å². The molecule has 0 atom stereocenters. The Balaban J connectivity index is 1.32. The Morgan fingerprint density at radius 2 is 0.971 bits per heavy atom. The van der Waals surface area contributed by atoms with Gasteiger partial charge in [0, 0.05) is 47.3 Å². The summed E-state index contributed by atoms with van der Waals surface area (Å²) in [5.41, 5.74) is 9.73. The Hall–Kier alpha value is -4.70. The van der Waals surface area contributed by atoms with Crippen molar-refractivity contribution in [2.75, 3.05) is 0 Å². The Morgan fingerprint density at radius 1 is 0.514 bits per heavy atom. The molecule has 0 saturated heterocycles. The van der Waals surface area contributed by atoms with E-state index >= 15 is 0 Å². The van der Waals surface area contributed by atoms with Crippen molar-refractivity contribution in [1.29, 1.82) is 0 Å². The van der Waals surface area contributed by atoms with Crippen LogP contribution >= 0.6 is 0 Å². The Labute approximate surface area is 203 Å². The molecule has 166 valence electrons. The van der Waals surface area contributed by atoms with Gasteiger partial charge in [0.1, 0.15) is 11.6 Å². The third kappa shape index (κ3) is 3.30. The van der Waals surface area contributed by atoms with Gasteiger partial charge in [-0.05, 0) is 52.9 Å². The van der Waals surface area contributed by atoms with Gasteiger partial charge in [-0.25, -0.2) is 9.97 Å². The highest BCUT2D eigenvalue weighted by Crippen LogP contribution is 2.39. The van der Waals surface area contributed by atoms with E-state index < -0.39 is 0 Å². The number of nitrogens with zero attached hydrogens (tertiary/aromatic N) is 4. The number of benzene rings is 4. The molecule has 0 aliphatic heterocycles. The van der Waals surface area contributed by atoms with Crippen molar-refractivity contribution in [2.45, 2.75) is 6.42 Å². The number of hydrogen-bond acceptors (Lipinski definition) is 2. The molecule has 0 fully saturated rings. The lowest BCUT2D eigenvalue weighted by atomic mass is 10.0. The minimum Gasteiger partial charge on any atom is -0.300 e. The number of aromatic nitrogens is 4. The van der Waals surface area contributed by atoms with E-state index in [4.69, 9.17) is 0 Å². The zero-order chi connectivity index (χ0) is 23.2. The SMILES string of the molecule is c1ccc(-c2nccn2-c2ccc3c(c2)-c2cc(-n4ccnc4-c4ccccc4)ccc2C3)cc1. The molecule has 7 rings (SSSR count). The molecule has 0 N–H and O–H groups in total. The van der Waals surface area contributed by atoms with Crippen LogP contribution in [0, 0.1) is 0 Å². The highest BCUT2D eigenvalue weighted by atomic mass is 15.1. The van der Waals surface area contributed by atoms with Gasteiger partial charge >= 0.3 is 0 Å². The van der Waals surface area contributed by atoms with Crippen LogP contribution in [0.5, 0.6) is 0 Å². The van der Waals surface area contributed by atoms with E-state index in [-0.39, 0.29) is 0 Å². The van der Waals surface area contributed by atoms with Gasteiger partial charge < -0.3 is 0 Å². The summed E-state index contributed by atoms with van der Waals surface area (Å²) in [5.74, 6) is 1.90. The second-order valence-corrected chi connectivity index (χ2v) is 8.83. The van der Waals surface area contributed by atoms with Gasteiger partial charge in [0.25, 0.3) is 0 Å². The molecule has 0 saturated carbocycles. The Bertz CT molecular complexity index is 1530. The van der Waals surface area contributed by atoms with E-state index in [2.05, 4.69) is 104 Å². The van der Waals surface area contributed by atoms with E-state index in [0.717, 1.165) is 40.6 Å². The molecule has 0 radical (unpaired) electrons. The summed E-state index contributed by atoms with van der Waals surface area (Å²) in [5, 5.41) is 0. The molecule has 0 unspecified atom stereocenters. The number of imidazole rings is 2. The maximum Gasteiger partial charge on any atom is 0.144 e. The van der Waals surface area contributed by atoms with Gasteiger partial charge in [0.15, 0.2) is 0 Å². The molecule has 0 bridgehead atoms. The van der Waals surface area contributed by atoms with Crippen LogP contribution in [0.1, 0.15) is 11.1 Å². The zero-order valence-corrected chi connectivity index (χ0v) is 19.0. The summed E-state index contributed by atoms with van der Waals surface area (Å²) < 4.78 is 4.33. The maximum atomic E-state index is 4.64. The summed E-state index contributed by atoms with van der Waals surface area (Å²) >= 11 is 0. The molecular formula is C31H22N4. The first-order valence-corrected chi connectivity index (χ1v) is 11.8. The fraction of sp³-hybridized carbons (Fsp3) is 0.0323. The Kier molecular flexibility index (Phi) is 4.49. The lowest BCUT2D eigenvalue weighted by Crippen LogP contribution is -1.98. The van der Waals surface area contributed by atoms with Crippen LogP contribution in [0.3, 0.4) is 0 Å². The second kappa shape index (κ2) is 7.96. The van der Waals surface area contributed by atoms with Crippen molar-refractivity contribution >= 4 is 0 Å². The van der Waals surface area contributed by atoms with Crippen LogP contribution in [0.2, 0.25) is 0 Å². The zero-order valence-electron chi connectivity index (χ0n) is 19.0. The van der Waals surface area contributed by atoms with Crippen LogP contribution in [0.15, 0.2) is 122 Å². The first kappa shape index (κ1) is 19.7. The highest BCUT2D eigenvalue weighted by molar-refractivity contribution is 5.80. The van der Waals surface area contributed by atoms with Crippen LogP contribution < -0.4 is 0 Å². The van der Waals surface area contributed by atoms with Gasteiger partial charge in [0.2, 0.25) is 0 Å². The van der Waals surface area contributed by atoms with Gasteiger partial charge in [-0.3, -0.25) is 9.13 Å². The maximum absolute atomic E-state index is 4.64. The van der Waals surface area contributed by atoms with Crippen molar-refractivity contribution < 1.29 is 0 Å². The molecule has 0 spiro atoms. The third-order valence-corrected chi connectivity index (χ3v) is 6.76. The predicted molar refractivity (Wildman–Crippen MR) is 140 cm³/mol. The quantitative estimate of drug-likeness (QED) is 0.290. The molecule has 2 aromatic heterocycles. The normalized spacial score (nSPS) is 11.9. The van der Waals surface area contributed by atoms with Crippen molar-refractivity contribution in [2.24, 2.45) is 0 Å². The van der Waals surface area contributed by atoms with Gasteiger partial charge in [0.05, 0.1) is 0 Å². The standard InChI is InChI=1S/C31H22N4/c1-3-7-22(8-4-1)30-32-15-17-34(30)26-13-11-24-19-25-12-14-27(21-29(25)28(24)20-26)35-18-16-33-31(35)23-9-5-2-6-10-23/h1-18,20-21H,19H2. The van der Waals surface area contributed by atoms with Gasteiger partial charge in [-0.2, -0.15) is 0 Å². The first-order chi connectivity index (χ1) is 17.3. The van der Waals surface area contributed by atoms with Gasteiger partial charge in [-0.15, -0.1) is 0 Å². The predicted octanol–water partition coefficient (Wildman–Crippen LogP) is 6.96. The average Bonchev–Trinajstić information content (AvgIpc) is 3.67. The summed E-state index contributed by atoms with van der Waals surface area (Å²) in [7, 11) is 0. The lowest BCUT2D eigenvalue weighted by Gasteiger charge is -2.12. The average molecular weight is 451 g/mol. The molecule has 4 heteroatoms. The Morgan fingerprint density at radius 3 is 1.43 bits per heavy atom. The fourth-order valence-electron chi connectivity index (χ4n) is 5.07. The topological polar surface area (TPSA) is 35.6 Å². The van der Waals surface area contributed by atoms with Crippen LogP contribution in [0.25, 0.3) is 45.3 Å². The van der Waals surface area contributed by atoms with Crippen molar-refractivity contribution in [3.63, 3.8) is 0 Å². The molecule has 2 heterocycles. The summed E-state index contributed by atoms with van der Waals surface area (Å²) in [6.45, 7) is 0. The van der Waals surface area contributed by atoms with E-state index in [0.29, 0.717) is 0 Å². The molecule has 4 aromatic carbocycles.